The molecule has 1 aliphatic rings. The molecule has 1 aliphatic heterocycles. The van der Waals surface area contributed by atoms with Gasteiger partial charge in [-0.05, 0) is 50.5 Å². The number of sulfonamides is 2. The van der Waals surface area contributed by atoms with Gasteiger partial charge >= 0.3 is 0 Å². The van der Waals surface area contributed by atoms with E-state index < -0.39 is 25.9 Å². The minimum absolute atomic E-state index is 0.0398. The van der Waals surface area contributed by atoms with Crippen LogP contribution in [-0.2, 0) is 20.0 Å². The van der Waals surface area contributed by atoms with Gasteiger partial charge in [-0.3, -0.25) is 0 Å². The van der Waals surface area contributed by atoms with Crippen molar-refractivity contribution in [2.45, 2.75) is 37.6 Å². The van der Waals surface area contributed by atoms with Crippen molar-refractivity contribution in [1.82, 2.24) is 9.03 Å². The SMILES string of the molecule is CCS(=O)(=O)N1CCC(NS(=O)(=O)c2ccc(F)cc2C)CC1. The van der Waals surface area contributed by atoms with Gasteiger partial charge in [0.1, 0.15) is 5.82 Å². The summed E-state index contributed by atoms with van der Waals surface area (Å²) in [4.78, 5) is 0.0440. The Labute approximate surface area is 136 Å². The van der Waals surface area contributed by atoms with E-state index in [-0.39, 0.29) is 16.7 Å². The van der Waals surface area contributed by atoms with Crippen LogP contribution in [0.5, 0.6) is 0 Å². The molecule has 0 spiro atoms. The summed E-state index contributed by atoms with van der Waals surface area (Å²) in [6, 6.07) is 3.19. The van der Waals surface area contributed by atoms with Crippen LogP contribution in [-0.4, -0.2) is 46.0 Å². The summed E-state index contributed by atoms with van der Waals surface area (Å²) in [7, 11) is -6.99. The number of aryl methyl sites for hydroxylation is 1. The molecule has 1 saturated heterocycles. The van der Waals surface area contributed by atoms with Crippen LogP contribution in [0.2, 0.25) is 0 Å². The number of halogens is 1. The lowest BCUT2D eigenvalue weighted by Gasteiger charge is -2.31. The molecule has 1 aromatic rings. The molecule has 9 heteroatoms. The Morgan fingerprint density at radius 3 is 2.35 bits per heavy atom. The molecule has 1 heterocycles. The average molecular weight is 364 g/mol. The molecule has 6 nitrogen and oxygen atoms in total. The van der Waals surface area contributed by atoms with E-state index in [4.69, 9.17) is 0 Å². The summed E-state index contributed by atoms with van der Waals surface area (Å²) in [5, 5.41) is 0. The largest absolute Gasteiger partial charge is 0.241 e. The molecular formula is C14H21FN2O4S2. The van der Waals surface area contributed by atoms with Gasteiger partial charge in [-0.15, -0.1) is 0 Å². The zero-order chi connectivity index (χ0) is 17.3. The highest BCUT2D eigenvalue weighted by Crippen LogP contribution is 2.20. The minimum atomic E-state index is -3.75. The summed E-state index contributed by atoms with van der Waals surface area (Å²) in [5.74, 6) is -0.447. The Morgan fingerprint density at radius 1 is 1.22 bits per heavy atom. The number of piperidine rings is 1. The summed E-state index contributed by atoms with van der Waals surface area (Å²) >= 11 is 0. The fourth-order valence-electron chi connectivity index (χ4n) is 2.63. The molecule has 0 atom stereocenters. The smallest absolute Gasteiger partial charge is 0.212 e. The van der Waals surface area contributed by atoms with Crippen LogP contribution in [0.4, 0.5) is 4.39 Å². The monoisotopic (exact) mass is 364 g/mol. The highest BCUT2D eigenvalue weighted by atomic mass is 32.2. The maximum atomic E-state index is 13.1. The Balaban J connectivity index is 2.06. The number of hydrogen-bond donors (Lipinski definition) is 1. The minimum Gasteiger partial charge on any atom is -0.212 e. The molecule has 23 heavy (non-hydrogen) atoms. The van der Waals surface area contributed by atoms with Crippen LogP contribution >= 0.6 is 0 Å². The second-order valence-corrected chi connectivity index (χ2v) is 9.54. The Hall–Kier alpha value is -1.03. The fraction of sp³-hybridized carbons (Fsp3) is 0.571. The van der Waals surface area contributed by atoms with Crippen molar-refractivity contribution in [3.05, 3.63) is 29.6 Å². The quantitative estimate of drug-likeness (QED) is 0.852. The van der Waals surface area contributed by atoms with Crippen LogP contribution in [0.15, 0.2) is 23.1 Å². The molecule has 1 aromatic carbocycles. The van der Waals surface area contributed by atoms with E-state index in [2.05, 4.69) is 4.72 Å². The fourth-order valence-corrected chi connectivity index (χ4v) is 5.30. The van der Waals surface area contributed by atoms with Gasteiger partial charge in [-0.2, -0.15) is 0 Å². The van der Waals surface area contributed by atoms with E-state index in [1.807, 2.05) is 0 Å². The van der Waals surface area contributed by atoms with Crippen molar-refractivity contribution in [2.75, 3.05) is 18.8 Å². The number of benzene rings is 1. The summed E-state index contributed by atoms with van der Waals surface area (Å²) in [5.41, 5.74) is 0.337. The van der Waals surface area contributed by atoms with Gasteiger partial charge in [0.05, 0.1) is 10.6 Å². The second kappa shape index (κ2) is 6.84. The third kappa shape index (κ3) is 4.28. The van der Waals surface area contributed by atoms with Gasteiger partial charge in [0.15, 0.2) is 0 Å². The Bertz CT molecular complexity index is 770. The predicted molar refractivity (Wildman–Crippen MR) is 85.5 cm³/mol. The first-order valence-corrected chi connectivity index (χ1v) is 10.5. The van der Waals surface area contributed by atoms with Crippen molar-refractivity contribution in [3.63, 3.8) is 0 Å². The first-order chi connectivity index (χ1) is 10.7. The molecule has 1 N–H and O–H groups in total. The van der Waals surface area contributed by atoms with E-state index in [9.17, 15) is 21.2 Å². The number of hydrogen-bond acceptors (Lipinski definition) is 4. The van der Waals surface area contributed by atoms with Crippen molar-refractivity contribution in [3.8, 4) is 0 Å². The van der Waals surface area contributed by atoms with Crippen molar-refractivity contribution >= 4 is 20.0 Å². The highest BCUT2D eigenvalue weighted by molar-refractivity contribution is 7.89. The zero-order valence-corrected chi connectivity index (χ0v) is 14.8. The summed E-state index contributed by atoms with van der Waals surface area (Å²) < 4.78 is 65.5. The lowest BCUT2D eigenvalue weighted by atomic mass is 10.1. The first kappa shape index (κ1) is 18.3. The molecule has 0 radical (unpaired) electrons. The van der Waals surface area contributed by atoms with Crippen molar-refractivity contribution < 1.29 is 21.2 Å². The third-order valence-corrected chi connectivity index (χ3v) is 7.52. The molecule has 130 valence electrons. The van der Waals surface area contributed by atoms with E-state index >= 15 is 0 Å². The lowest BCUT2D eigenvalue weighted by Crippen LogP contribution is -2.46. The van der Waals surface area contributed by atoms with E-state index in [0.29, 0.717) is 31.5 Å². The molecule has 1 fully saturated rings. The number of nitrogens with one attached hydrogen (secondary N) is 1. The van der Waals surface area contributed by atoms with Crippen LogP contribution in [0.1, 0.15) is 25.3 Å². The van der Waals surface area contributed by atoms with E-state index in [1.165, 1.54) is 23.4 Å². The molecule has 0 bridgehead atoms. The molecule has 0 aliphatic carbocycles. The number of rotatable bonds is 5. The Morgan fingerprint density at radius 2 is 1.83 bits per heavy atom. The van der Waals surface area contributed by atoms with Gasteiger partial charge in [-0.25, -0.2) is 30.3 Å². The normalized spacial score (nSPS) is 18.2. The maximum Gasteiger partial charge on any atom is 0.241 e. The topological polar surface area (TPSA) is 83.6 Å². The van der Waals surface area contributed by atoms with Crippen LogP contribution in [0.25, 0.3) is 0 Å². The van der Waals surface area contributed by atoms with Gasteiger partial charge in [0, 0.05) is 19.1 Å². The average Bonchev–Trinajstić information content (AvgIpc) is 2.47. The zero-order valence-electron chi connectivity index (χ0n) is 13.1. The van der Waals surface area contributed by atoms with Gasteiger partial charge in [-0.1, -0.05) is 0 Å². The van der Waals surface area contributed by atoms with Crippen molar-refractivity contribution in [1.29, 1.82) is 0 Å². The standard InChI is InChI=1S/C14H21FN2O4S2/c1-3-22(18,19)17-8-6-13(7-9-17)16-23(20,21)14-5-4-12(15)10-11(14)2/h4-5,10,13,16H,3,6-9H2,1-2H3. The summed E-state index contributed by atoms with van der Waals surface area (Å²) in [6.45, 7) is 3.72. The van der Waals surface area contributed by atoms with Gasteiger partial charge in [0.25, 0.3) is 0 Å². The lowest BCUT2D eigenvalue weighted by molar-refractivity contribution is 0.309. The van der Waals surface area contributed by atoms with Crippen LogP contribution in [0, 0.1) is 12.7 Å². The Kier molecular flexibility index (Phi) is 5.44. The van der Waals surface area contributed by atoms with Gasteiger partial charge < -0.3 is 0 Å². The second-order valence-electron chi connectivity index (χ2n) is 5.60. The number of nitrogens with zero attached hydrogens (tertiary/aromatic N) is 1. The molecule has 2 rings (SSSR count). The predicted octanol–water partition coefficient (Wildman–Crippen LogP) is 1.23. The van der Waals surface area contributed by atoms with Crippen molar-refractivity contribution in [2.24, 2.45) is 0 Å². The molecule has 0 saturated carbocycles. The molecule has 0 amide bonds. The summed E-state index contributed by atoms with van der Waals surface area (Å²) in [6.07, 6.45) is 0.831. The highest BCUT2D eigenvalue weighted by Gasteiger charge is 2.29. The van der Waals surface area contributed by atoms with Crippen LogP contribution in [0.3, 0.4) is 0 Å². The molecular weight excluding hydrogens is 343 g/mol. The first-order valence-electron chi connectivity index (χ1n) is 7.42. The van der Waals surface area contributed by atoms with E-state index in [0.717, 1.165) is 6.07 Å². The molecule has 0 unspecified atom stereocenters. The van der Waals surface area contributed by atoms with Crippen LogP contribution < -0.4 is 4.72 Å². The maximum absolute atomic E-state index is 13.1. The third-order valence-electron chi connectivity index (χ3n) is 3.96. The van der Waals surface area contributed by atoms with E-state index in [1.54, 1.807) is 6.92 Å². The van der Waals surface area contributed by atoms with Gasteiger partial charge in [0.2, 0.25) is 20.0 Å². The molecule has 0 aromatic heterocycles.